The Bertz CT molecular complexity index is 1150. The highest BCUT2D eigenvalue weighted by Crippen LogP contribution is 2.26. The molecular formula is C25H33N5O8S. The van der Waals surface area contributed by atoms with Crippen LogP contribution in [0.5, 0.6) is 5.75 Å². The van der Waals surface area contributed by atoms with Crippen molar-refractivity contribution in [2.45, 2.75) is 39.8 Å². The predicted octanol–water partition coefficient (Wildman–Crippen LogP) is 2.53. The molecule has 0 unspecified atom stereocenters. The maximum Gasteiger partial charge on any atom is 0.328 e. The molecule has 0 aliphatic carbocycles. The molecule has 0 aliphatic heterocycles. The lowest BCUT2D eigenvalue weighted by Gasteiger charge is -2.30. The smallest absolute Gasteiger partial charge is 0.328 e. The number of benzene rings is 1. The lowest BCUT2D eigenvalue weighted by Crippen LogP contribution is -2.42. The first kappa shape index (κ1) is 32.7. The number of carbonyl (C=O) groups excluding carboxylic acids is 3. The Morgan fingerprint density at radius 1 is 1.05 bits per heavy atom. The summed E-state index contributed by atoms with van der Waals surface area (Å²) in [6.45, 7) is 9.75. The fourth-order valence-electron chi connectivity index (χ4n) is 3.26. The number of ether oxygens (including phenoxy) is 1. The van der Waals surface area contributed by atoms with E-state index in [1.807, 2.05) is 0 Å². The maximum absolute atomic E-state index is 12.5. The van der Waals surface area contributed by atoms with Crippen molar-refractivity contribution in [3.05, 3.63) is 47.0 Å². The minimum Gasteiger partial charge on any atom is -0.495 e. The van der Waals surface area contributed by atoms with Gasteiger partial charge in [-0.15, -0.1) is 11.3 Å². The van der Waals surface area contributed by atoms with Gasteiger partial charge in [-0.05, 0) is 45.9 Å². The zero-order valence-electron chi connectivity index (χ0n) is 22.3. The summed E-state index contributed by atoms with van der Waals surface area (Å²) >= 11 is 1.17. The van der Waals surface area contributed by atoms with Crippen molar-refractivity contribution >= 4 is 52.3 Å². The number of carboxylic acids is 2. The second-order valence-corrected chi connectivity index (χ2v) is 9.22. The first-order chi connectivity index (χ1) is 18.4. The van der Waals surface area contributed by atoms with Crippen LogP contribution in [0.2, 0.25) is 0 Å². The molecule has 1 aromatic heterocycles. The van der Waals surface area contributed by atoms with Crippen molar-refractivity contribution in [3.8, 4) is 5.75 Å². The molecule has 0 aliphatic rings. The molecule has 2 rings (SSSR count). The number of hydrogen-bond donors (Lipinski definition) is 5. The first-order valence-corrected chi connectivity index (χ1v) is 12.6. The van der Waals surface area contributed by atoms with E-state index in [0.717, 1.165) is 6.54 Å². The number of methoxy groups -OCH3 is 1. The van der Waals surface area contributed by atoms with Crippen molar-refractivity contribution in [1.82, 2.24) is 15.2 Å². The SMILES string of the molecule is COc1cc(C(=O)Nc2nc(C(=O)NCCN(C(C)C)C(C)C)cs2)ccc1NC=O.O=C(O)/C=C/C(=O)O. The summed E-state index contributed by atoms with van der Waals surface area (Å²) in [5.41, 5.74) is 1.04. The van der Waals surface area contributed by atoms with Gasteiger partial charge in [0.05, 0.1) is 12.8 Å². The van der Waals surface area contributed by atoms with Gasteiger partial charge in [-0.1, -0.05) is 0 Å². The van der Waals surface area contributed by atoms with Crippen molar-refractivity contribution in [2.24, 2.45) is 0 Å². The van der Waals surface area contributed by atoms with Crippen LogP contribution in [-0.2, 0) is 14.4 Å². The summed E-state index contributed by atoms with van der Waals surface area (Å²) in [5, 5.41) is 25.6. The quantitative estimate of drug-likeness (QED) is 0.179. The molecule has 0 spiro atoms. The number of rotatable bonds is 13. The second kappa shape index (κ2) is 16.5. The van der Waals surface area contributed by atoms with E-state index in [-0.39, 0.29) is 11.6 Å². The van der Waals surface area contributed by atoms with Gasteiger partial charge < -0.3 is 25.6 Å². The largest absolute Gasteiger partial charge is 0.495 e. The minimum absolute atomic E-state index is 0.254. The average molecular weight is 564 g/mol. The van der Waals surface area contributed by atoms with Gasteiger partial charge in [0.1, 0.15) is 11.4 Å². The predicted molar refractivity (Wildman–Crippen MR) is 146 cm³/mol. The highest BCUT2D eigenvalue weighted by Gasteiger charge is 2.16. The normalized spacial score (nSPS) is 10.7. The van der Waals surface area contributed by atoms with E-state index in [4.69, 9.17) is 14.9 Å². The molecule has 5 N–H and O–H groups in total. The van der Waals surface area contributed by atoms with Gasteiger partial charge in [0.25, 0.3) is 11.8 Å². The van der Waals surface area contributed by atoms with E-state index in [1.54, 1.807) is 17.5 Å². The van der Waals surface area contributed by atoms with Crippen LogP contribution in [0.1, 0.15) is 48.5 Å². The molecule has 39 heavy (non-hydrogen) atoms. The van der Waals surface area contributed by atoms with Crippen LogP contribution in [-0.4, -0.2) is 82.5 Å². The number of amides is 3. The lowest BCUT2D eigenvalue weighted by molar-refractivity contribution is -0.134. The fourth-order valence-corrected chi connectivity index (χ4v) is 3.95. The number of thiazole rings is 1. The van der Waals surface area contributed by atoms with Gasteiger partial charge in [0.2, 0.25) is 6.41 Å². The molecule has 1 aromatic carbocycles. The highest BCUT2D eigenvalue weighted by molar-refractivity contribution is 7.14. The molecule has 2 aromatic rings. The van der Waals surface area contributed by atoms with Crippen molar-refractivity contribution in [3.63, 3.8) is 0 Å². The average Bonchev–Trinajstić information content (AvgIpc) is 3.34. The molecule has 0 atom stereocenters. The molecule has 14 heteroatoms. The number of carboxylic acid groups (broad SMARTS) is 2. The Morgan fingerprint density at radius 2 is 1.67 bits per heavy atom. The third kappa shape index (κ3) is 11.7. The number of aromatic nitrogens is 1. The van der Waals surface area contributed by atoms with Gasteiger partial charge in [-0.3, -0.25) is 24.6 Å². The Balaban J connectivity index is 0.000000824. The third-order valence-electron chi connectivity index (χ3n) is 4.99. The molecule has 0 bridgehead atoms. The van der Waals surface area contributed by atoms with E-state index in [2.05, 4.69) is 53.5 Å². The third-order valence-corrected chi connectivity index (χ3v) is 5.74. The summed E-state index contributed by atoms with van der Waals surface area (Å²) in [6, 6.07) is 5.41. The zero-order valence-corrected chi connectivity index (χ0v) is 23.1. The van der Waals surface area contributed by atoms with E-state index >= 15 is 0 Å². The number of carbonyl (C=O) groups is 5. The fraction of sp³-hybridized carbons (Fsp3) is 0.360. The second-order valence-electron chi connectivity index (χ2n) is 8.36. The van der Waals surface area contributed by atoms with Gasteiger partial charge in [-0.2, -0.15) is 0 Å². The van der Waals surface area contributed by atoms with Crippen LogP contribution in [0.25, 0.3) is 0 Å². The van der Waals surface area contributed by atoms with E-state index in [9.17, 15) is 24.0 Å². The van der Waals surface area contributed by atoms with Crippen molar-refractivity contribution in [2.75, 3.05) is 30.8 Å². The van der Waals surface area contributed by atoms with Gasteiger partial charge in [0.15, 0.2) is 5.13 Å². The standard InChI is InChI=1S/C21H29N5O4S.C4H4O4/c1-13(2)26(14(3)4)9-8-22-20(29)17-11-31-21(24-17)25-19(28)15-6-7-16(23-12-27)18(10-15)30-5;5-3(6)1-2-4(7)8/h6-7,10-14H,8-9H2,1-5H3,(H,22,29)(H,23,27)(H,24,25,28);1-2H,(H,5,6)(H,7,8)/b;2-1+. The number of anilines is 2. The van der Waals surface area contributed by atoms with E-state index < -0.39 is 17.8 Å². The van der Waals surface area contributed by atoms with Crippen LogP contribution in [0.15, 0.2) is 35.7 Å². The first-order valence-electron chi connectivity index (χ1n) is 11.7. The van der Waals surface area contributed by atoms with E-state index in [0.29, 0.717) is 59.3 Å². The Hall–Kier alpha value is -4.30. The topological polar surface area (TPSA) is 187 Å². The maximum atomic E-state index is 12.5. The molecule has 13 nitrogen and oxygen atoms in total. The number of nitrogens with zero attached hydrogens (tertiary/aromatic N) is 2. The minimum atomic E-state index is -1.26. The van der Waals surface area contributed by atoms with Gasteiger partial charge in [0, 0.05) is 48.3 Å². The Labute approximate surface area is 229 Å². The molecule has 0 saturated carbocycles. The summed E-state index contributed by atoms with van der Waals surface area (Å²) in [7, 11) is 1.44. The van der Waals surface area contributed by atoms with Crippen LogP contribution < -0.4 is 20.7 Å². The molecule has 0 radical (unpaired) electrons. The van der Waals surface area contributed by atoms with Crippen LogP contribution in [0.3, 0.4) is 0 Å². The van der Waals surface area contributed by atoms with Crippen LogP contribution in [0, 0.1) is 0 Å². The van der Waals surface area contributed by atoms with Gasteiger partial charge in [-0.25, -0.2) is 14.6 Å². The number of nitrogens with one attached hydrogen (secondary N) is 3. The van der Waals surface area contributed by atoms with Crippen molar-refractivity contribution < 1.29 is 38.9 Å². The highest BCUT2D eigenvalue weighted by atomic mass is 32.1. The summed E-state index contributed by atoms with van der Waals surface area (Å²) < 4.78 is 5.19. The van der Waals surface area contributed by atoms with Crippen molar-refractivity contribution in [1.29, 1.82) is 0 Å². The van der Waals surface area contributed by atoms with Gasteiger partial charge >= 0.3 is 11.9 Å². The van der Waals surface area contributed by atoms with Crippen LogP contribution >= 0.6 is 11.3 Å². The summed E-state index contributed by atoms with van der Waals surface area (Å²) in [6.07, 6.45) is 1.65. The molecule has 1 heterocycles. The molecule has 3 amide bonds. The number of hydrogen-bond acceptors (Lipinski definition) is 9. The van der Waals surface area contributed by atoms with E-state index in [1.165, 1.54) is 24.5 Å². The Morgan fingerprint density at radius 3 is 2.18 bits per heavy atom. The Kier molecular flexibility index (Phi) is 13.9. The molecule has 0 saturated heterocycles. The molecule has 212 valence electrons. The summed E-state index contributed by atoms with van der Waals surface area (Å²) in [4.78, 5) is 61.1. The zero-order chi connectivity index (χ0) is 29.5. The molecular weight excluding hydrogens is 530 g/mol. The lowest BCUT2D eigenvalue weighted by atomic mass is 10.1. The summed E-state index contributed by atoms with van der Waals surface area (Å²) in [5.74, 6) is -2.84. The number of aliphatic carboxylic acids is 2. The monoisotopic (exact) mass is 563 g/mol. The molecule has 0 fully saturated rings. The van der Waals surface area contributed by atoms with Crippen LogP contribution in [0.4, 0.5) is 10.8 Å².